The zero-order chi connectivity index (χ0) is 19.3. The lowest BCUT2D eigenvalue weighted by molar-refractivity contribution is 0.0978. The zero-order valence-electron chi connectivity index (χ0n) is 15.8. The molecular weight excluding hydrogens is 344 g/mol. The average molecular weight is 366 g/mol. The van der Waals surface area contributed by atoms with Crippen molar-refractivity contribution < 1.29 is 9.53 Å². The number of benzene rings is 4. The van der Waals surface area contributed by atoms with Crippen molar-refractivity contribution in [3.8, 4) is 5.75 Å². The van der Waals surface area contributed by atoms with Gasteiger partial charge in [-0.05, 0) is 40.1 Å². The summed E-state index contributed by atoms with van der Waals surface area (Å²) < 4.78 is 5.28. The first-order chi connectivity index (χ1) is 13.7. The molecule has 0 aliphatic carbocycles. The minimum absolute atomic E-state index is 0.00563. The van der Waals surface area contributed by atoms with Crippen LogP contribution >= 0.6 is 0 Å². The molecule has 0 heterocycles. The van der Waals surface area contributed by atoms with E-state index in [2.05, 4.69) is 18.2 Å². The monoisotopic (exact) mass is 366 g/mol. The molecule has 0 saturated heterocycles. The van der Waals surface area contributed by atoms with Crippen molar-refractivity contribution in [2.75, 3.05) is 7.11 Å². The molecule has 1 atom stereocenters. The molecule has 0 aliphatic heterocycles. The number of carbonyl (C=O) groups is 1. The van der Waals surface area contributed by atoms with E-state index in [1.807, 2.05) is 78.9 Å². The number of methoxy groups -OCH3 is 1. The van der Waals surface area contributed by atoms with E-state index in [-0.39, 0.29) is 11.7 Å². The second kappa shape index (κ2) is 8.10. The van der Waals surface area contributed by atoms with Gasteiger partial charge in [-0.25, -0.2) is 0 Å². The van der Waals surface area contributed by atoms with Crippen molar-refractivity contribution in [1.82, 2.24) is 0 Å². The lowest BCUT2D eigenvalue weighted by atomic mass is 9.85. The molecule has 4 aromatic carbocycles. The SMILES string of the molecule is COc1ccc(C(CC(=O)c2ccc3ccccc3c2)c2ccccc2)cc1. The van der Waals surface area contributed by atoms with Crippen LogP contribution in [0.5, 0.6) is 5.75 Å². The van der Waals surface area contributed by atoms with Crippen LogP contribution in [0.2, 0.25) is 0 Å². The second-order valence-electron chi connectivity index (χ2n) is 6.93. The average Bonchev–Trinajstić information content (AvgIpc) is 2.77. The summed E-state index contributed by atoms with van der Waals surface area (Å²) in [5.74, 6) is 0.970. The summed E-state index contributed by atoms with van der Waals surface area (Å²) >= 11 is 0. The maximum absolute atomic E-state index is 13.1. The molecule has 0 radical (unpaired) electrons. The third kappa shape index (κ3) is 3.81. The Morgan fingerprint density at radius 1 is 0.750 bits per heavy atom. The number of ketones is 1. The molecule has 0 amide bonds. The minimum Gasteiger partial charge on any atom is -0.497 e. The summed E-state index contributed by atoms with van der Waals surface area (Å²) in [4.78, 5) is 13.1. The van der Waals surface area contributed by atoms with Crippen molar-refractivity contribution in [1.29, 1.82) is 0 Å². The van der Waals surface area contributed by atoms with Gasteiger partial charge in [0.25, 0.3) is 0 Å². The highest BCUT2D eigenvalue weighted by molar-refractivity contribution is 6.00. The van der Waals surface area contributed by atoms with E-state index in [9.17, 15) is 4.79 Å². The van der Waals surface area contributed by atoms with Gasteiger partial charge < -0.3 is 4.74 Å². The fourth-order valence-electron chi connectivity index (χ4n) is 3.62. The number of carbonyl (C=O) groups excluding carboxylic acids is 1. The molecular formula is C26H22O2. The van der Waals surface area contributed by atoms with Gasteiger partial charge in [0.15, 0.2) is 5.78 Å². The van der Waals surface area contributed by atoms with E-state index in [1.54, 1.807) is 7.11 Å². The smallest absolute Gasteiger partial charge is 0.163 e. The van der Waals surface area contributed by atoms with E-state index in [4.69, 9.17) is 4.74 Å². The highest BCUT2D eigenvalue weighted by Crippen LogP contribution is 2.31. The van der Waals surface area contributed by atoms with Crippen LogP contribution in [0.1, 0.15) is 33.8 Å². The van der Waals surface area contributed by atoms with Gasteiger partial charge in [0, 0.05) is 17.9 Å². The maximum Gasteiger partial charge on any atom is 0.163 e. The molecule has 28 heavy (non-hydrogen) atoms. The number of fused-ring (bicyclic) bond motifs is 1. The Kier molecular flexibility index (Phi) is 5.20. The van der Waals surface area contributed by atoms with Gasteiger partial charge in [-0.3, -0.25) is 4.79 Å². The third-order valence-electron chi connectivity index (χ3n) is 5.18. The summed E-state index contributed by atoms with van der Waals surface area (Å²) in [5.41, 5.74) is 3.01. The lowest BCUT2D eigenvalue weighted by Gasteiger charge is -2.18. The van der Waals surface area contributed by atoms with Crippen molar-refractivity contribution in [2.45, 2.75) is 12.3 Å². The zero-order valence-corrected chi connectivity index (χ0v) is 15.8. The molecule has 0 spiro atoms. The molecule has 2 heteroatoms. The van der Waals surface area contributed by atoms with Crippen molar-refractivity contribution in [3.63, 3.8) is 0 Å². The van der Waals surface area contributed by atoms with Crippen molar-refractivity contribution >= 4 is 16.6 Å². The molecule has 4 rings (SSSR count). The molecule has 0 aromatic heterocycles. The molecule has 0 bridgehead atoms. The number of ether oxygens (including phenoxy) is 1. The Morgan fingerprint density at radius 2 is 1.39 bits per heavy atom. The predicted octanol–water partition coefficient (Wildman–Crippen LogP) is 6.25. The van der Waals surface area contributed by atoms with E-state index in [0.717, 1.165) is 33.2 Å². The highest BCUT2D eigenvalue weighted by atomic mass is 16.5. The first-order valence-electron chi connectivity index (χ1n) is 9.45. The first kappa shape index (κ1) is 18.0. The molecule has 0 fully saturated rings. The van der Waals surface area contributed by atoms with E-state index in [1.165, 1.54) is 0 Å². The van der Waals surface area contributed by atoms with Crippen LogP contribution in [0.15, 0.2) is 97.1 Å². The summed E-state index contributed by atoms with van der Waals surface area (Å²) in [6.45, 7) is 0. The molecule has 4 aromatic rings. The summed E-state index contributed by atoms with van der Waals surface area (Å²) in [7, 11) is 1.66. The van der Waals surface area contributed by atoms with Crippen LogP contribution in [0.3, 0.4) is 0 Å². The normalized spacial score (nSPS) is 11.9. The quantitative estimate of drug-likeness (QED) is 0.377. The topological polar surface area (TPSA) is 26.3 Å². The van der Waals surface area contributed by atoms with Crippen LogP contribution < -0.4 is 4.74 Å². The van der Waals surface area contributed by atoms with Gasteiger partial charge >= 0.3 is 0 Å². The summed E-state index contributed by atoms with van der Waals surface area (Å²) in [6, 6.07) is 32.3. The minimum atomic E-state index is 0.00563. The van der Waals surface area contributed by atoms with Crippen LogP contribution in [0.25, 0.3) is 10.8 Å². The van der Waals surface area contributed by atoms with Crippen LogP contribution in [0, 0.1) is 0 Å². The Balaban J connectivity index is 1.66. The molecule has 0 N–H and O–H groups in total. The van der Waals surface area contributed by atoms with E-state index >= 15 is 0 Å². The molecule has 138 valence electrons. The van der Waals surface area contributed by atoms with Gasteiger partial charge in [-0.15, -0.1) is 0 Å². The van der Waals surface area contributed by atoms with Crippen molar-refractivity contribution in [3.05, 3.63) is 114 Å². The fraction of sp³-hybridized carbons (Fsp3) is 0.115. The molecule has 2 nitrogen and oxygen atoms in total. The summed E-state index contributed by atoms with van der Waals surface area (Å²) in [6.07, 6.45) is 0.425. The number of hydrogen-bond acceptors (Lipinski definition) is 2. The van der Waals surface area contributed by atoms with E-state index in [0.29, 0.717) is 6.42 Å². The van der Waals surface area contributed by atoms with E-state index < -0.39 is 0 Å². The Morgan fingerprint density at radius 3 is 2.11 bits per heavy atom. The predicted molar refractivity (Wildman–Crippen MR) is 114 cm³/mol. The molecule has 0 aliphatic rings. The number of rotatable bonds is 6. The standard InChI is InChI=1S/C26H22O2/c1-28-24-15-13-21(14-16-24)25(20-8-3-2-4-9-20)18-26(27)23-12-11-19-7-5-6-10-22(19)17-23/h2-17,25H,18H2,1H3. The Bertz CT molecular complexity index is 1080. The van der Waals surface area contributed by atoms with Gasteiger partial charge in [0.1, 0.15) is 5.75 Å². The van der Waals surface area contributed by atoms with Crippen LogP contribution in [-0.4, -0.2) is 12.9 Å². The largest absolute Gasteiger partial charge is 0.497 e. The lowest BCUT2D eigenvalue weighted by Crippen LogP contribution is -2.09. The van der Waals surface area contributed by atoms with Crippen molar-refractivity contribution in [2.24, 2.45) is 0 Å². The molecule has 0 saturated carbocycles. The van der Waals surface area contributed by atoms with Gasteiger partial charge in [-0.2, -0.15) is 0 Å². The Hall–Kier alpha value is -3.39. The number of hydrogen-bond donors (Lipinski definition) is 0. The maximum atomic E-state index is 13.1. The third-order valence-corrected chi connectivity index (χ3v) is 5.18. The fourth-order valence-corrected chi connectivity index (χ4v) is 3.62. The second-order valence-corrected chi connectivity index (χ2v) is 6.93. The van der Waals surface area contributed by atoms with Gasteiger partial charge in [0.2, 0.25) is 0 Å². The highest BCUT2D eigenvalue weighted by Gasteiger charge is 2.19. The van der Waals surface area contributed by atoms with Gasteiger partial charge in [-0.1, -0.05) is 78.9 Å². The first-order valence-corrected chi connectivity index (χ1v) is 9.45. The Labute approximate surface area is 165 Å². The van der Waals surface area contributed by atoms with Crippen LogP contribution in [0.4, 0.5) is 0 Å². The number of Topliss-reactive ketones (excluding diaryl/α,β-unsaturated/α-hetero) is 1. The van der Waals surface area contributed by atoms with Gasteiger partial charge in [0.05, 0.1) is 7.11 Å². The summed E-state index contributed by atoms with van der Waals surface area (Å²) in [5, 5.41) is 2.24. The molecule has 1 unspecified atom stereocenters. The van der Waals surface area contributed by atoms with Crippen LogP contribution in [-0.2, 0) is 0 Å².